The number of nitrogens with zero attached hydrogens (tertiary/aromatic N) is 1. The zero-order valence-electron chi connectivity index (χ0n) is 17.4. The van der Waals surface area contributed by atoms with Gasteiger partial charge in [-0.05, 0) is 49.6 Å². The third kappa shape index (κ3) is 5.37. The first-order valence-electron chi connectivity index (χ1n) is 9.44. The first-order valence-corrected chi connectivity index (χ1v) is 10.3. The molecule has 0 spiro atoms. The number of aryl methyl sites for hydroxylation is 2. The predicted molar refractivity (Wildman–Crippen MR) is 118 cm³/mol. The van der Waals surface area contributed by atoms with Crippen LogP contribution in [-0.4, -0.2) is 28.6 Å². The number of anilines is 1. The van der Waals surface area contributed by atoms with Gasteiger partial charge in [-0.1, -0.05) is 6.58 Å². The van der Waals surface area contributed by atoms with Gasteiger partial charge in [0.25, 0.3) is 0 Å². The Morgan fingerprint density at radius 1 is 1.29 bits per heavy atom. The molecule has 0 unspecified atom stereocenters. The number of aromatic nitrogens is 1. The third-order valence-electron chi connectivity index (χ3n) is 4.43. The number of hydrogen-bond donors (Lipinski definition) is 2. The van der Waals surface area contributed by atoms with Crippen molar-refractivity contribution >= 4 is 39.3 Å². The smallest absolute Gasteiger partial charge is 0.340 e. The van der Waals surface area contributed by atoms with E-state index in [1.807, 2.05) is 19.9 Å². The standard InChI is InChI=1S/C22H22N2O6S/c1-11(2)9-29-16-5-12(3)6-17-20(16)13(4)15(21(28)30-17)8-18(25)24-22-23-14(10-31-22)7-19(26)27/h5-6,10H,1,7-9H2,2-4H3,(H,26,27)(H,23,24,25). The van der Waals surface area contributed by atoms with E-state index in [2.05, 4.69) is 16.9 Å². The molecule has 8 nitrogen and oxygen atoms in total. The van der Waals surface area contributed by atoms with Crippen molar-refractivity contribution in [2.75, 3.05) is 11.9 Å². The summed E-state index contributed by atoms with van der Waals surface area (Å²) in [5.41, 5.74) is 2.68. The maximum Gasteiger partial charge on any atom is 0.340 e. The SMILES string of the molecule is C=C(C)COc1cc(C)cc2oc(=O)c(CC(=O)Nc3nc(CC(=O)O)cs3)c(C)c12. The fourth-order valence-electron chi connectivity index (χ4n) is 3.08. The largest absolute Gasteiger partial charge is 0.488 e. The molecule has 0 aliphatic heterocycles. The molecule has 3 aromatic rings. The Hall–Kier alpha value is -3.46. The van der Waals surface area contributed by atoms with Gasteiger partial charge in [0.15, 0.2) is 5.13 Å². The van der Waals surface area contributed by atoms with Gasteiger partial charge in [-0.25, -0.2) is 9.78 Å². The summed E-state index contributed by atoms with van der Waals surface area (Å²) in [5, 5.41) is 13.9. The van der Waals surface area contributed by atoms with Crippen LogP contribution in [0.1, 0.15) is 29.3 Å². The molecule has 2 heterocycles. The first-order chi connectivity index (χ1) is 14.6. The normalized spacial score (nSPS) is 10.8. The minimum atomic E-state index is -1.01. The Morgan fingerprint density at radius 3 is 2.71 bits per heavy atom. The molecule has 2 N–H and O–H groups in total. The van der Waals surface area contributed by atoms with E-state index in [-0.39, 0.29) is 23.5 Å². The molecule has 1 aromatic carbocycles. The van der Waals surface area contributed by atoms with Gasteiger partial charge in [-0.2, -0.15) is 0 Å². The maximum atomic E-state index is 12.6. The number of benzene rings is 1. The van der Waals surface area contributed by atoms with Crippen LogP contribution in [0.5, 0.6) is 5.75 Å². The van der Waals surface area contributed by atoms with E-state index in [1.54, 1.807) is 18.4 Å². The highest BCUT2D eigenvalue weighted by atomic mass is 32.1. The van der Waals surface area contributed by atoms with Crippen LogP contribution in [0.25, 0.3) is 11.0 Å². The van der Waals surface area contributed by atoms with Crippen LogP contribution in [0.4, 0.5) is 5.13 Å². The third-order valence-corrected chi connectivity index (χ3v) is 5.24. The summed E-state index contributed by atoms with van der Waals surface area (Å²) in [6, 6.07) is 3.60. The summed E-state index contributed by atoms with van der Waals surface area (Å²) >= 11 is 1.12. The molecule has 0 saturated carbocycles. The molecule has 1 amide bonds. The van der Waals surface area contributed by atoms with Gasteiger partial charge in [0.05, 0.1) is 29.5 Å². The van der Waals surface area contributed by atoms with Crippen molar-refractivity contribution in [1.82, 2.24) is 4.98 Å². The van der Waals surface area contributed by atoms with Gasteiger partial charge >= 0.3 is 11.6 Å². The Labute approximate surface area is 182 Å². The van der Waals surface area contributed by atoms with E-state index in [0.29, 0.717) is 34.6 Å². The second-order valence-electron chi connectivity index (χ2n) is 7.31. The highest BCUT2D eigenvalue weighted by Crippen LogP contribution is 2.31. The zero-order chi connectivity index (χ0) is 22.7. The average Bonchev–Trinajstić information content (AvgIpc) is 3.08. The van der Waals surface area contributed by atoms with Crippen LogP contribution < -0.4 is 15.7 Å². The lowest BCUT2D eigenvalue weighted by atomic mass is 10.0. The quantitative estimate of drug-likeness (QED) is 0.404. The molecule has 31 heavy (non-hydrogen) atoms. The number of ether oxygens (including phenoxy) is 1. The molecule has 0 aliphatic rings. The lowest BCUT2D eigenvalue weighted by Gasteiger charge is -2.14. The van der Waals surface area contributed by atoms with Crippen molar-refractivity contribution in [1.29, 1.82) is 0 Å². The molecule has 162 valence electrons. The second-order valence-corrected chi connectivity index (χ2v) is 8.17. The molecule has 2 aromatic heterocycles. The van der Waals surface area contributed by atoms with Gasteiger partial charge in [0.2, 0.25) is 5.91 Å². The van der Waals surface area contributed by atoms with Crippen molar-refractivity contribution in [3.63, 3.8) is 0 Å². The van der Waals surface area contributed by atoms with Crippen LogP contribution in [0, 0.1) is 13.8 Å². The van der Waals surface area contributed by atoms with E-state index < -0.39 is 17.5 Å². The highest BCUT2D eigenvalue weighted by molar-refractivity contribution is 7.13. The number of nitrogens with one attached hydrogen (secondary N) is 1. The molecule has 0 bridgehead atoms. The van der Waals surface area contributed by atoms with Crippen molar-refractivity contribution in [2.24, 2.45) is 0 Å². The number of aliphatic carboxylic acids is 1. The number of rotatable bonds is 8. The Kier molecular flexibility index (Phi) is 6.55. The summed E-state index contributed by atoms with van der Waals surface area (Å²) in [6.07, 6.45) is -0.447. The molecule has 0 fully saturated rings. The van der Waals surface area contributed by atoms with E-state index >= 15 is 0 Å². The van der Waals surface area contributed by atoms with Gasteiger partial charge < -0.3 is 19.6 Å². The van der Waals surface area contributed by atoms with E-state index in [4.69, 9.17) is 14.3 Å². The van der Waals surface area contributed by atoms with E-state index in [9.17, 15) is 14.4 Å². The predicted octanol–water partition coefficient (Wildman–Crippen LogP) is 3.63. The van der Waals surface area contributed by atoms with Crippen LogP contribution >= 0.6 is 11.3 Å². The van der Waals surface area contributed by atoms with E-state index in [1.165, 1.54) is 0 Å². The Bertz CT molecular complexity index is 1240. The fourth-order valence-corrected chi connectivity index (χ4v) is 3.81. The number of amides is 1. The van der Waals surface area contributed by atoms with Crippen LogP contribution in [-0.2, 0) is 22.4 Å². The average molecular weight is 442 g/mol. The molecule has 0 radical (unpaired) electrons. The molecule has 0 saturated heterocycles. The number of carboxylic acid groups (broad SMARTS) is 1. The lowest BCUT2D eigenvalue weighted by molar-refractivity contribution is -0.136. The van der Waals surface area contributed by atoms with Crippen molar-refractivity contribution < 1.29 is 23.8 Å². The Balaban J connectivity index is 1.90. The molecular weight excluding hydrogens is 420 g/mol. The number of hydrogen-bond acceptors (Lipinski definition) is 7. The number of carboxylic acids is 1. The number of fused-ring (bicyclic) bond motifs is 1. The second kappa shape index (κ2) is 9.13. The van der Waals surface area contributed by atoms with Gasteiger partial charge in [0, 0.05) is 5.38 Å². The van der Waals surface area contributed by atoms with E-state index in [0.717, 1.165) is 22.5 Å². The monoisotopic (exact) mass is 442 g/mol. The molecule has 3 rings (SSSR count). The number of carbonyl (C=O) groups is 2. The van der Waals surface area contributed by atoms with Crippen molar-refractivity contribution in [3.05, 3.63) is 62.5 Å². The Morgan fingerprint density at radius 2 is 2.03 bits per heavy atom. The van der Waals surface area contributed by atoms with Crippen LogP contribution in [0.3, 0.4) is 0 Å². The summed E-state index contributed by atoms with van der Waals surface area (Å²) in [5.74, 6) is -0.908. The van der Waals surface area contributed by atoms with Gasteiger partial charge in [-0.3, -0.25) is 9.59 Å². The number of carbonyl (C=O) groups excluding carboxylic acids is 1. The molecular formula is C22H22N2O6S. The summed E-state index contributed by atoms with van der Waals surface area (Å²) in [7, 11) is 0. The molecule has 0 atom stereocenters. The number of thiazole rings is 1. The maximum absolute atomic E-state index is 12.6. The molecule has 9 heteroatoms. The molecule has 0 aliphatic carbocycles. The summed E-state index contributed by atoms with van der Waals surface area (Å²) in [4.78, 5) is 39.9. The van der Waals surface area contributed by atoms with Crippen molar-refractivity contribution in [3.8, 4) is 5.75 Å². The van der Waals surface area contributed by atoms with Gasteiger partial charge in [0.1, 0.15) is 17.9 Å². The summed E-state index contributed by atoms with van der Waals surface area (Å²) < 4.78 is 11.3. The fraction of sp³-hybridized carbons (Fsp3) is 0.273. The minimum Gasteiger partial charge on any atom is -0.488 e. The highest BCUT2D eigenvalue weighted by Gasteiger charge is 2.19. The van der Waals surface area contributed by atoms with Crippen molar-refractivity contribution in [2.45, 2.75) is 33.6 Å². The topological polar surface area (TPSA) is 119 Å². The zero-order valence-corrected chi connectivity index (χ0v) is 18.2. The summed E-state index contributed by atoms with van der Waals surface area (Å²) in [6.45, 7) is 9.62. The van der Waals surface area contributed by atoms with Crippen LogP contribution in [0.15, 0.2) is 38.9 Å². The first kappa shape index (κ1) is 22.2. The van der Waals surface area contributed by atoms with Gasteiger partial charge in [-0.15, -0.1) is 11.3 Å². The lowest BCUT2D eigenvalue weighted by Crippen LogP contribution is -2.21. The minimum absolute atomic E-state index is 0.217. The van der Waals surface area contributed by atoms with Crippen LogP contribution in [0.2, 0.25) is 0 Å².